The molecule has 1 saturated heterocycles. The third kappa shape index (κ3) is 4.16. The largest absolute Gasteiger partial charge is 0.339 e. The van der Waals surface area contributed by atoms with Crippen LogP contribution in [0, 0.1) is 5.92 Å². The van der Waals surface area contributed by atoms with E-state index in [1.165, 1.54) is 35.4 Å². The first kappa shape index (κ1) is 19.1. The van der Waals surface area contributed by atoms with E-state index in [2.05, 4.69) is 17.5 Å². The summed E-state index contributed by atoms with van der Waals surface area (Å²) >= 11 is 1.79. The van der Waals surface area contributed by atoms with Gasteiger partial charge in [0.2, 0.25) is 10.0 Å². The molecule has 0 bridgehead atoms. The van der Waals surface area contributed by atoms with Crippen LogP contribution in [0.1, 0.15) is 28.1 Å². The Morgan fingerprint density at radius 1 is 1.15 bits per heavy atom. The van der Waals surface area contributed by atoms with Crippen LogP contribution in [0.25, 0.3) is 0 Å². The van der Waals surface area contributed by atoms with Crippen LogP contribution in [0.4, 0.5) is 0 Å². The summed E-state index contributed by atoms with van der Waals surface area (Å²) in [5.74, 6) is 0.610. The van der Waals surface area contributed by atoms with Crippen molar-refractivity contribution in [3.63, 3.8) is 0 Å². The second-order valence-corrected chi connectivity index (χ2v) is 10.0. The van der Waals surface area contributed by atoms with Gasteiger partial charge in [-0.3, -0.25) is 4.79 Å². The lowest BCUT2D eigenvalue weighted by Gasteiger charge is -2.32. The summed E-state index contributed by atoms with van der Waals surface area (Å²) in [4.78, 5) is 16.2. The monoisotopic (exact) mass is 392 g/mol. The molecule has 0 unspecified atom stereocenters. The Bertz CT molecular complexity index is 835. The van der Waals surface area contributed by atoms with Gasteiger partial charge in [-0.1, -0.05) is 6.07 Å². The van der Waals surface area contributed by atoms with Gasteiger partial charge < -0.3 is 4.90 Å². The van der Waals surface area contributed by atoms with Crippen LogP contribution in [-0.2, 0) is 16.4 Å². The average Bonchev–Trinajstić information content (AvgIpc) is 3.15. The fraction of sp³-hybridized carbons (Fsp3) is 0.421. The standard InChI is InChI=1S/C19H24N2O3S2/c1-20(2)26(23,24)18-7-5-16(6-8-18)19(22)21-11-9-15(10-12-21)14-17-4-3-13-25-17/h3-8,13,15H,9-12,14H2,1-2H3. The number of carbonyl (C=O) groups excluding carboxylic acids is 1. The molecule has 7 heteroatoms. The quantitative estimate of drug-likeness (QED) is 0.786. The van der Waals surface area contributed by atoms with Crippen molar-refractivity contribution in [2.75, 3.05) is 27.2 Å². The molecular weight excluding hydrogens is 368 g/mol. The number of likely N-dealkylation sites (tertiary alicyclic amines) is 1. The maximum Gasteiger partial charge on any atom is 0.253 e. The highest BCUT2D eigenvalue weighted by Crippen LogP contribution is 2.25. The van der Waals surface area contributed by atoms with Crippen molar-refractivity contribution in [2.24, 2.45) is 5.92 Å². The van der Waals surface area contributed by atoms with Gasteiger partial charge in [-0.05, 0) is 60.9 Å². The molecule has 1 aliphatic rings. The molecule has 0 radical (unpaired) electrons. The van der Waals surface area contributed by atoms with Crippen molar-refractivity contribution >= 4 is 27.3 Å². The Morgan fingerprint density at radius 3 is 2.35 bits per heavy atom. The molecule has 26 heavy (non-hydrogen) atoms. The zero-order valence-electron chi connectivity index (χ0n) is 15.1. The Morgan fingerprint density at radius 2 is 1.81 bits per heavy atom. The van der Waals surface area contributed by atoms with Crippen molar-refractivity contribution in [3.05, 3.63) is 52.2 Å². The molecule has 1 aliphatic heterocycles. The molecule has 0 saturated carbocycles. The fourth-order valence-corrected chi connectivity index (χ4v) is 4.94. The number of thiophene rings is 1. The van der Waals surface area contributed by atoms with E-state index in [4.69, 9.17) is 0 Å². The molecule has 0 N–H and O–H groups in total. The number of piperidine rings is 1. The van der Waals surface area contributed by atoms with Crippen LogP contribution in [0.5, 0.6) is 0 Å². The number of nitrogens with zero attached hydrogens (tertiary/aromatic N) is 2. The topological polar surface area (TPSA) is 57.7 Å². The van der Waals surface area contributed by atoms with Gasteiger partial charge in [-0.2, -0.15) is 0 Å². The Labute approximate surface area is 159 Å². The minimum Gasteiger partial charge on any atom is -0.339 e. The molecule has 1 fully saturated rings. The van der Waals surface area contributed by atoms with Crippen LogP contribution in [-0.4, -0.2) is 50.7 Å². The molecule has 2 aromatic rings. The highest BCUT2D eigenvalue weighted by Gasteiger charge is 2.24. The zero-order valence-corrected chi connectivity index (χ0v) is 16.7. The molecule has 140 valence electrons. The summed E-state index contributed by atoms with van der Waals surface area (Å²) in [6, 6.07) is 10.5. The Hall–Kier alpha value is -1.70. The lowest BCUT2D eigenvalue weighted by molar-refractivity contribution is 0.0690. The van der Waals surface area contributed by atoms with E-state index in [9.17, 15) is 13.2 Å². The normalized spacial score (nSPS) is 16.2. The van der Waals surface area contributed by atoms with E-state index in [0.717, 1.165) is 32.4 Å². The van der Waals surface area contributed by atoms with Gasteiger partial charge >= 0.3 is 0 Å². The SMILES string of the molecule is CN(C)S(=O)(=O)c1ccc(C(=O)N2CCC(Cc3cccs3)CC2)cc1. The fourth-order valence-electron chi connectivity index (χ4n) is 3.22. The average molecular weight is 393 g/mol. The summed E-state index contributed by atoms with van der Waals surface area (Å²) in [7, 11) is -0.477. The van der Waals surface area contributed by atoms with Gasteiger partial charge in [-0.25, -0.2) is 12.7 Å². The van der Waals surface area contributed by atoms with Gasteiger partial charge in [0.05, 0.1) is 4.90 Å². The first-order valence-electron chi connectivity index (χ1n) is 8.72. The van der Waals surface area contributed by atoms with Crippen molar-refractivity contribution in [3.8, 4) is 0 Å². The summed E-state index contributed by atoms with van der Waals surface area (Å²) in [6.07, 6.45) is 3.12. The zero-order chi connectivity index (χ0) is 18.7. The smallest absolute Gasteiger partial charge is 0.253 e. The second-order valence-electron chi connectivity index (χ2n) is 6.83. The Kier molecular flexibility index (Phi) is 5.79. The molecule has 3 rings (SSSR count). The van der Waals surface area contributed by atoms with E-state index in [1.54, 1.807) is 23.5 Å². The first-order chi connectivity index (χ1) is 12.4. The van der Waals surface area contributed by atoms with Crippen LogP contribution >= 0.6 is 11.3 Å². The minimum atomic E-state index is -3.47. The Balaban J connectivity index is 1.60. The maximum atomic E-state index is 12.7. The third-order valence-electron chi connectivity index (χ3n) is 4.85. The minimum absolute atomic E-state index is 0.0200. The van der Waals surface area contributed by atoms with Crippen LogP contribution < -0.4 is 0 Å². The maximum absolute atomic E-state index is 12.7. The van der Waals surface area contributed by atoms with Gasteiger partial charge in [0.15, 0.2) is 0 Å². The lowest BCUT2D eigenvalue weighted by atomic mass is 9.92. The second kappa shape index (κ2) is 7.90. The van der Waals surface area contributed by atoms with E-state index >= 15 is 0 Å². The van der Waals surface area contributed by atoms with E-state index in [-0.39, 0.29) is 10.8 Å². The highest BCUT2D eigenvalue weighted by molar-refractivity contribution is 7.89. The van der Waals surface area contributed by atoms with Crippen molar-refractivity contribution in [2.45, 2.75) is 24.2 Å². The van der Waals surface area contributed by atoms with Crippen molar-refractivity contribution in [1.82, 2.24) is 9.21 Å². The first-order valence-corrected chi connectivity index (χ1v) is 11.0. The molecule has 0 spiro atoms. The predicted molar refractivity (Wildman–Crippen MR) is 104 cm³/mol. The molecule has 5 nitrogen and oxygen atoms in total. The molecule has 2 heterocycles. The van der Waals surface area contributed by atoms with Crippen molar-refractivity contribution in [1.29, 1.82) is 0 Å². The van der Waals surface area contributed by atoms with Gasteiger partial charge in [0.1, 0.15) is 0 Å². The summed E-state index contributed by atoms with van der Waals surface area (Å²) in [5.41, 5.74) is 0.541. The summed E-state index contributed by atoms with van der Waals surface area (Å²) in [6.45, 7) is 1.51. The number of sulfonamides is 1. The van der Waals surface area contributed by atoms with Gasteiger partial charge in [0, 0.05) is 37.6 Å². The number of benzene rings is 1. The predicted octanol–water partition coefficient (Wildman–Crippen LogP) is 3.09. The molecule has 0 aliphatic carbocycles. The number of amides is 1. The summed E-state index contributed by atoms with van der Waals surface area (Å²) < 4.78 is 25.4. The summed E-state index contributed by atoms with van der Waals surface area (Å²) in [5, 5.41) is 2.11. The van der Waals surface area contributed by atoms with Crippen LogP contribution in [0.2, 0.25) is 0 Å². The highest BCUT2D eigenvalue weighted by atomic mass is 32.2. The molecular formula is C19H24N2O3S2. The molecule has 1 amide bonds. The third-order valence-corrected chi connectivity index (χ3v) is 7.58. The number of hydrogen-bond acceptors (Lipinski definition) is 4. The lowest BCUT2D eigenvalue weighted by Crippen LogP contribution is -2.38. The number of rotatable bonds is 5. The molecule has 1 aromatic carbocycles. The van der Waals surface area contributed by atoms with E-state index in [0.29, 0.717) is 11.5 Å². The van der Waals surface area contributed by atoms with E-state index in [1.807, 2.05) is 4.90 Å². The molecule has 1 aromatic heterocycles. The number of hydrogen-bond donors (Lipinski definition) is 0. The van der Waals surface area contributed by atoms with Gasteiger partial charge in [-0.15, -0.1) is 11.3 Å². The van der Waals surface area contributed by atoms with Crippen LogP contribution in [0.15, 0.2) is 46.7 Å². The van der Waals surface area contributed by atoms with Crippen molar-refractivity contribution < 1.29 is 13.2 Å². The van der Waals surface area contributed by atoms with E-state index < -0.39 is 10.0 Å². The van der Waals surface area contributed by atoms with Crippen LogP contribution in [0.3, 0.4) is 0 Å². The number of carbonyl (C=O) groups is 1. The van der Waals surface area contributed by atoms with Gasteiger partial charge in [0.25, 0.3) is 5.91 Å². The molecule has 0 atom stereocenters.